The molecular weight excluding hydrogens is 304 g/mol. The van der Waals surface area contributed by atoms with E-state index in [-0.39, 0.29) is 11.9 Å². The first-order chi connectivity index (χ1) is 11.7. The molecule has 2 heterocycles. The van der Waals surface area contributed by atoms with Gasteiger partial charge in [-0.15, -0.1) is 5.10 Å². The van der Waals surface area contributed by atoms with E-state index < -0.39 is 0 Å². The molecule has 6 nitrogen and oxygen atoms in total. The number of nitrogens with zero attached hydrogens (tertiary/aromatic N) is 3. The first kappa shape index (κ1) is 15.7. The molecule has 0 aliphatic heterocycles. The summed E-state index contributed by atoms with van der Waals surface area (Å²) in [6, 6.07) is 13.4. The van der Waals surface area contributed by atoms with Gasteiger partial charge < -0.3 is 9.73 Å². The van der Waals surface area contributed by atoms with Crippen LogP contribution in [0.2, 0.25) is 0 Å². The van der Waals surface area contributed by atoms with E-state index in [1.165, 1.54) is 6.08 Å². The van der Waals surface area contributed by atoms with E-state index in [0.717, 1.165) is 5.56 Å². The lowest BCUT2D eigenvalue weighted by Crippen LogP contribution is -2.24. The topological polar surface area (TPSA) is 73.0 Å². The third kappa shape index (κ3) is 4.19. The smallest absolute Gasteiger partial charge is 0.244 e. The van der Waals surface area contributed by atoms with Crippen LogP contribution in [0.25, 0.3) is 6.08 Å². The number of carbonyl (C=O) groups excluding carboxylic acids is 1. The minimum atomic E-state index is -0.212. The average molecular weight is 322 g/mol. The number of nitrogens with one attached hydrogen (secondary N) is 1. The van der Waals surface area contributed by atoms with Crippen molar-refractivity contribution in [1.29, 1.82) is 0 Å². The highest BCUT2D eigenvalue weighted by Crippen LogP contribution is 2.12. The van der Waals surface area contributed by atoms with Gasteiger partial charge in [0.15, 0.2) is 0 Å². The summed E-state index contributed by atoms with van der Waals surface area (Å²) >= 11 is 0. The van der Waals surface area contributed by atoms with Crippen molar-refractivity contribution in [3.05, 3.63) is 78.0 Å². The van der Waals surface area contributed by atoms with E-state index in [4.69, 9.17) is 4.42 Å². The van der Waals surface area contributed by atoms with Crippen LogP contribution in [-0.2, 0) is 11.3 Å². The predicted molar refractivity (Wildman–Crippen MR) is 89.9 cm³/mol. The van der Waals surface area contributed by atoms with E-state index in [0.29, 0.717) is 18.0 Å². The van der Waals surface area contributed by atoms with Gasteiger partial charge in [-0.05, 0) is 30.7 Å². The Morgan fingerprint density at radius 1 is 1.29 bits per heavy atom. The molecule has 1 aromatic carbocycles. The highest BCUT2D eigenvalue weighted by Gasteiger charge is 2.09. The summed E-state index contributed by atoms with van der Waals surface area (Å²) in [5, 5.41) is 10.9. The summed E-state index contributed by atoms with van der Waals surface area (Å²) in [7, 11) is 0. The van der Waals surface area contributed by atoms with E-state index in [1.807, 2.05) is 43.3 Å². The maximum Gasteiger partial charge on any atom is 0.244 e. The fourth-order valence-corrected chi connectivity index (χ4v) is 2.27. The maximum absolute atomic E-state index is 11.9. The summed E-state index contributed by atoms with van der Waals surface area (Å²) in [6.07, 6.45) is 6.46. The van der Waals surface area contributed by atoms with Crippen molar-refractivity contribution in [2.24, 2.45) is 0 Å². The van der Waals surface area contributed by atoms with Gasteiger partial charge in [0.2, 0.25) is 5.91 Å². The summed E-state index contributed by atoms with van der Waals surface area (Å²) in [6.45, 7) is 2.50. The van der Waals surface area contributed by atoms with Gasteiger partial charge in [-0.3, -0.25) is 4.79 Å². The number of benzene rings is 1. The molecule has 0 fully saturated rings. The molecule has 0 aliphatic rings. The molecule has 6 heteroatoms. The Morgan fingerprint density at radius 2 is 2.12 bits per heavy atom. The summed E-state index contributed by atoms with van der Waals surface area (Å²) in [4.78, 5) is 11.9. The van der Waals surface area contributed by atoms with Gasteiger partial charge in [0.05, 0.1) is 25.0 Å². The third-order valence-corrected chi connectivity index (χ3v) is 3.48. The van der Waals surface area contributed by atoms with Crippen LogP contribution in [0.3, 0.4) is 0 Å². The van der Waals surface area contributed by atoms with E-state index in [2.05, 4.69) is 15.6 Å². The number of carbonyl (C=O) groups is 1. The second-order valence-electron chi connectivity index (χ2n) is 5.41. The Balaban J connectivity index is 1.56. The number of furan rings is 1. The highest BCUT2D eigenvalue weighted by atomic mass is 16.3. The lowest BCUT2D eigenvalue weighted by Gasteiger charge is -2.08. The van der Waals surface area contributed by atoms with Crippen molar-refractivity contribution in [1.82, 2.24) is 20.3 Å². The molecule has 0 saturated heterocycles. The van der Waals surface area contributed by atoms with E-state index in [1.54, 1.807) is 29.3 Å². The molecule has 0 radical (unpaired) electrons. The van der Waals surface area contributed by atoms with Crippen molar-refractivity contribution in [3.8, 4) is 0 Å². The van der Waals surface area contributed by atoms with Gasteiger partial charge in [-0.1, -0.05) is 35.5 Å². The molecule has 2 aromatic heterocycles. The standard InChI is InChI=1S/C18H18N4O2/c1-14(17-8-5-11-24-17)19-18(23)10-9-16-13-22(21-20-16)12-15-6-3-2-4-7-15/h2-11,13-14H,12H2,1H3,(H,19,23)/b10-9+/t14-/m0/s1. The zero-order chi connectivity index (χ0) is 16.8. The van der Waals surface area contributed by atoms with Crippen molar-refractivity contribution >= 4 is 12.0 Å². The van der Waals surface area contributed by atoms with Crippen LogP contribution in [0.5, 0.6) is 0 Å². The number of hydrogen-bond acceptors (Lipinski definition) is 4. The van der Waals surface area contributed by atoms with Crippen LogP contribution in [-0.4, -0.2) is 20.9 Å². The summed E-state index contributed by atoms with van der Waals surface area (Å²) in [5.74, 6) is 0.502. The zero-order valence-electron chi connectivity index (χ0n) is 13.3. The Bertz CT molecular complexity index is 807. The SMILES string of the molecule is C[C@H](NC(=O)/C=C/c1cn(Cc2ccccc2)nn1)c1ccco1. The number of hydrogen-bond donors (Lipinski definition) is 1. The molecule has 0 saturated carbocycles. The van der Waals surface area contributed by atoms with Gasteiger partial charge in [0.25, 0.3) is 0 Å². The van der Waals surface area contributed by atoms with Crippen molar-refractivity contribution in [2.75, 3.05) is 0 Å². The lowest BCUT2D eigenvalue weighted by atomic mass is 10.2. The fraction of sp³-hybridized carbons (Fsp3) is 0.167. The Hall–Kier alpha value is -3.15. The van der Waals surface area contributed by atoms with Crippen LogP contribution < -0.4 is 5.32 Å². The molecule has 0 bridgehead atoms. The minimum absolute atomic E-state index is 0.189. The van der Waals surface area contributed by atoms with Crippen molar-refractivity contribution in [3.63, 3.8) is 0 Å². The molecule has 122 valence electrons. The van der Waals surface area contributed by atoms with Crippen molar-refractivity contribution < 1.29 is 9.21 Å². The van der Waals surface area contributed by atoms with E-state index in [9.17, 15) is 4.79 Å². The van der Waals surface area contributed by atoms with Gasteiger partial charge in [0, 0.05) is 6.08 Å². The van der Waals surface area contributed by atoms with Gasteiger partial charge >= 0.3 is 0 Å². The first-order valence-electron chi connectivity index (χ1n) is 7.67. The quantitative estimate of drug-likeness (QED) is 0.708. The maximum atomic E-state index is 11.9. The van der Waals surface area contributed by atoms with Crippen molar-refractivity contribution in [2.45, 2.75) is 19.5 Å². The second-order valence-corrected chi connectivity index (χ2v) is 5.41. The Kier molecular flexibility index (Phi) is 4.86. The molecule has 24 heavy (non-hydrogen) atoms. The van der Waals surface area contributed by atoms with Crippen LogP contribution in [0.4, 0.5) is 0 Å². The highest BCUT2D eigenvalue weighted by molar-refractivity contribution is 5.91. The first-order valence-corrected chi connectivity index (χ1v) is 7.67. The Labute approximate surface area is 139 Å². The molecule has 3 aromatic rings. The van der Waals surface area contributed by atoms with Gasteiger partial charge in [-0.25, -0.2) is 4.68 Å². The Morgan fingerprint density at radius 3 is 2.88 bits per heavy atom. The fourth-order valence-electron chi connectivity index (χ4n) is 2.27. The predicted octanol–water partition coefficient (Wildman–Crippen LogP) is 2.81. The second kappa shape index (κ2) is 7.41. The largest absolute Gasteiger partial charge is 0.467 e. The average Bonchev–Trinajstić information content (AvgIpc) is 3.26. The molecule has 1 atom stereocenters. The molecule has 1 amide bonds. The monoisotopic (exact) mass is 322 g/mol. The van der Waals surface area contributed by atoms with Gasteiger partial charge in [0.1, 0.15) is 11.5 Å². The molecular formula is C18H18N4O2. The minimum Gasteiger partial charge on any atom is -0.467 e. The van der Waals surface area contributed by atoms with Crippen LogP contribution in [0.1, 0.15) is 30.0 Å². The molecule has 0 aliphatic carbocycles. The third-order valence-electron chi connectivity index (χ3n) is 3.48. The van der Waals surface area contributed by atoms with Crippen LogP contribution in [0.15, 0.2) is 65.4 Å². The van der Waals surface area contributed by atoms with Crippen LogP contribution in [0, 0.1) is 0 Å². The van der Waals surface area contributed by atoms with Gasteiger partial charge in [-0.2, -0.15) is 0 Å². The molecule has 3 rings (SSSR count). The molecule has 0 spiro atoms. The number of aromatic nitrogens is 3. The van der Waals surface area contributed by atoms with E-state index >= 15 is 0 Å². The number of amides is 1. The van der Waals surface area contributed by atoms with Crippen LogP contribution >= 0.6 is 0 Å². The molecule has 1 N–H and O–H groups in total. The summed E-state index contributed by atoms with van der Waals surface area (Å²) in [5.41, 5.74) is 1.77. The number of rotatable bonds is 6. The molecule has 0 unspecified atom stereocenters. The normalized spacial score (nSPS) is 12.4. The summed E-state index contributed by atoms with van der Waals surface area (Å²) < 4.78 is 6.99. The lowest BCUT2D eigenvalue weighted by molar-refractivity contribution is -0.117. The zero-order valence-corrected chi connectivity index (χ0v) is 13.3.